The summed E-state index contributed by atoms with van der Waals surface area (Å²) in [6.07, 6.45) is -3.22. The Morgan fingerprint density at radius 1 is 1.29 bits per heavy atom. The lowest BCUT2D eigenvalue weighted by Crippen LogP contribution is -2.43. The second-order valence-corrected chi connectivity index (χ2v) is 8.20. The molecule has 0 N–H and O–H groups in total. The summed E-state index contributed by atoms with van der Waals surface area (Å²) in [5.41, 5.74) is -1.32. The molecule has 2 aliphatic rings. The van der Waals surface area contributed by atoms with E-state index in [2.05, 4.69) is 10.1 Å². The maximum Gasteiger partial charge on any atom is 0.433 e. The highest BCUT2D eigenvalue weighted by Gasteiger charge is 2.44. The molecule has 0 radical (unpaired) electrons. The Morgan fingerprint density at radius 2 is 2.03 bits per heavy atom. The van der Waals surface area contributed by atoms with E-state index in [0.29, 0.717) is 24.2 Å². The van der Waals surface area contributed by atoms with E-state index in [4.69, 9.17) is 0 Å². The van der Waals surface area contributed by atoms with Crippen LogP contribution in [0.25, 0.3) is 0 Å². The van der Waals surface area contributed by atoms with Crippen molar-refractivity contribution in [1.82, 2.24) is 24.2 Å². The van der Waals surface area contributed by atoms with Gasteiger partial charge in [0.25, 0.3) is 5.92 Å². The molecule has 0 saturated carbocycles. The number of amides is 1. The van der Waals surface area contributed by atoms with Gasteiger partial charge in [-0.25, -0.2) is 18.3 Å². The zero-order valence-electron chi connectivity index (χ0n) is 16.6. The lowest BCUT2D eigenvalue weighted by atomic mass is 9.93. The number of carbonyl (C=O) groups excluding carboxylic acids is 1. The number of rotatable bonds is 3. The molecule has 168 valence electrons. The summed E-state index contributed by atoms with van der Waals surface area (Å²) in [5, 5.41) is 4.25. The highest BCUT2D eigenvalue weighted by atomic mass is 19.4. The number of likely N-dealkylation sites (tertiary alicyclic amines) is 1. The molecule has 1 amide bonds. The van der Waals surface area contributed by atoms with E-state index in [-0.39, 0.29) is 19.0 Å². The van der Waals surface area contributed by atoms with Gasteiger partial charge in [0.05, 0.1) is 13.1 Å². The smallest absolute Gasteiger partial charge is 0.335 e. The molecule has 2 aromatic heterocycles. The molecule has 1 saturated heterocycles. The molecule has 2 aliphatic heterocycles. The lowest BCUT2D eigenvalue weighted by molar-refractivity contribution is -0.141. The van der Waals surface area contributed by atoms with Crippen LogP contribution in [0.4, 0.5) is 22.0 Å². The first kappa shape index (κ1) is 21.4. The first-order valence-corrected chi connectivity index (χ1v) is 9.81. The van der Waals surface area contributed by atoms with Crippen molar-refractivity contribution in [2.75, 3.05) is 13.1 Å². The van der Waals surface area contributed by atoms with Crippen LogP contribution in [0.2, 0.25) is 0 Å². The number of alkyl halides is 5. The Hall–Kier alpha value is -2.79. The second-order valence-electron chi connectivity index (χ2n) is 8.20. The molecular weight excluding hydrogens is 425 g/mol. The highest BCUT2D eigenvalue weighted by Crippen LogP contribution is 2.33. The van der Waals surface area contributed by atoms with Gasteiger partial charge in [0.1, 0.15) is 17.6 Å². The van der Waals surface area contributed by atoms with Crippen molar-refractivity contribution in [3.63, 3.8) is 0 Å². The van der Waals surface area contributed by atoms with Gasteiger partial charge in [-0.15, -0.1) is 0 Å². The number of hydrogen-bond acceptors (Lipinski definition) is 4. The number of aromatic nitrogens is 4. The van der Waals surface area contributed by atoms with Crippen LogP contribution in [0.15, 0.2) is 23.1 Å². The minimum Gasteiger partial charge on any atom is -0.335 e. The van der Waals surface area contributed by atoms with Crippen LogP contribution in [0.1, 0.15) is 42.9 Å². The van der Waals surface area contributed by atoms with Crippen molar-refractivity contribution in [2.45, 2.75) is 50.9 Å². The third-order valence-electron chi connectivity index (χ3n) is 5.62. The van der Waals surface area contributed by atoms with Crippen LogP contribution in [-0.4, -0.2) is 49.2 Å². The fraction of sp³-hybridized carbons (Fsp3) is 0.579. The number of nitrogens with zero attached hydrogens (tertiary/aromatic N) is 5. The van der Waals surface area contributed by atoms with E-state index in [1.54, 1.807) is 0 Å². The monoisotopic (exact) mass is 445 g/mol. The van der Waals surface area contributed by atoms with Gasteiger partial charge in [-0.3, -0.25) is 14.3 Å². The van der Waals surface area contributed by atoms with Gasteiger partial charge in [-0.05, 0) is 24.0 Å². The molecule has 0 aromatic carbocycles. The summed E-state index contributed by atoms with van der Waals surface area (Å²) in [4.78, 5) is 30.3. The predicted octanol–water partition coefficient (Wildman–Crippen LogP) is 2.50. The van der Waals surface area contributed by atoms with Crippen LogP contribution in [0.3, 0.4) is 0 Å². The average Bonchev–Trinajstić information content (AvgIpc) is 3.19. The molecule has 0 bridgehead atoms. The molecule has 31 heavy (non-hydrogen) atoms. The molecule has 0 aliphatic carbocycles. The topological polar surface area (TPSA) is 73.0 Å². The molecule has 2 unspecified atom stereocenters. The third-order valence-corrected chi connectivity index (χ3v) is 5.62. The number of carbonyl (C=O) groups is 1. The van der Waals surface area contributed by atoms with Crippen molar-refractivity contribution in [3.8, 4) is 0 Å². The van der Waals surface area contributed by atoms with Crippen molar-refractivity contribution in [1.29, 1.82) is 0 Å². The molecular formula is C19H20F5N5O2. The predicted molar refractivity (Wildman–Crippen MR) is 97.5 cm³/mol. The molecule has 2 atom stereocenters. The van der Waals surface area contributed by atoms with E-state index in [0.717, 1.165) is 21.8 Å². The zero-order chi connectivity index (χ0) is 22.6. The van der Waals surface area contributed by atoms with E-state index >= 15 is 0 Å². The molecule has 0 spiro atoms. The Morgan fingerprint density at radius 3 is 2.61 bits per heavy atom. The standard InChI is InChI=1S/C19H20F5N5O2/c1-11-6-13(16(30)27-5-4-18(20,21)10-27)29-15(7-11)26-28(17(29)31)9-12-2-3-14(25-8-12)19(22,23)24/h2-3,8,11,13H,4-7,9-10H2,1H3. The van der Waals surface area contributed by atoms with Crippen LogP contribution in [0, 0.1) is 5.92 Å². The van der Waals surface area contributed by atoms with Gasteiger partial charge in [0, 0.05) is 25.6 Å². The van der Waals surface area contributed by atoms with Crippen molar-refractivity contribution in [2.24, 2.45) is 5.92 Å². The summed E-state index contributed by atoms with van der Waals surface area (Å²) in [6, 6.07) is 1.09. The van der Waals surface area contributed by atoms with Gasteiger partial charge >= 0.3 is 11.9 Å². The largest absolute Gasteiger partial charge is 0.433 e. The van der Waals surface area contributed by atoms with Gasteiger partial charge in [0.15, 0.2) is 0 Å². The maximum atomic E-state index is 13.6. The zero-order valence-corrected chi connectivity index (χ0v) is 16.6. The van der Waals surface area contributed by atoms with E-state index in [9.17, 15) is 31.5 Å². The maximum absolute atomic E-state index is 13.6. The first-order valence-electron chi connectivity index (χ1n) is 9.81. The molecule has 7 nitrogen and oxygen atoms in total. The van der Waals surface area contributed by atoms with Crippen LogP contribution < -0.4 is 5.69 Å². The SMILES string of the molecule is CC1Cc2nn(Cc3ccc(C(F)(F)F)nc3)c(=O)n2C(C(=O)N2CCC(F)(F)C2)C1. The van der Waals surface area contributed by atoms with Crippen LogP contribution >= 0.6 is 0 Å². The minimum absolute atomic E-state index is 0.00699. The lowest BCUT2D eigenvalue weighted by Gasteiger charge is -2.30. The third kappa shape index (κ3) is 4.19. The fourth-order valence-corrected chi connectivity index (χ4v) is 4.11. The normalized spacial score (nSPS) is 23.1. The number of pyridine rings is 1. The quantitative estimate of drug-likeness (QED) is 0.681. The summed E-state index contributed by atoms with van der Waals surface area (Å²) in [5.74, 6) is -3.12. The highest BCUT2D eigenvalue weighted by molar-refractivity contribution is 5.81. The summed E-state index contributed by atoms with van der Waals surface area (Å²) in [6.45, 7) is 1.00. The van der Waals surface area contributed by atoms with Gasteiger partial charge in [-0.1, -0.05) is 13.0 Å². The van der Waals surface area contributed by atoms with Gasteiger partial charge in [0.2, 0.25) is 5.91 Å². The van der Waals surface area contributed by atoms with E-state index in [1.807, 2.05) is 6.92 Å². The van der Waals surface area contributed by atoms with Crippen molar-refractivity contribution < 1.29 is 26.7 Å². The summed E-state index contributed by atoms with van der Waals surface area (Å²) in [7, 11) is 0. The van der Waals surface area contributed by atoms with Crippen molar-refractivity contribution >= 4 is 5.91 Å². The fourth-order valence-electron chi connectivity index (χ4n) is 4.11. The minimum atomic E-state index is -4.57. The Balaban J connectivity index is 1.60. The average molecular weight is 445 g/mol. The number of halogens is 5. The van der Waals surface area contributed by atoms with E-state index in [1.165, 1.54) is 10.6 Å². The number of hydrogen-bond donors (Lipinski definition) is 0. The molecule has 4 heterocycles. The van der Waals surface area contributed by atoms with Gasteiger partial charge < -0.3 is 4.90 Å². The molecule has 1 fully saturated rings. The van der Waals surface area contributed by atoms with E-state index < -0.39 is 48.4 Å². The molecule has 12 heteroatoms. The first-order chi connectivity index (χ1) is 14.4. The van der Waals surface area contributed by atoms with Crippen LogP contribution in [-0.2, 0) is 23.9 Å². The summed E-state index contributed by atoms with van der Waals surface area (Å²) < 4.78 is 67.5. The summed E-state index contributed by atoms with van der Waals surface area (Å²) >= 11 is 0. The molecule has 4 rings (SSSR count). The second kappa shape index (κ2) is 7.41. The van der Waals surface area contributed by atoms with Crippen LogP contribution in [0.5, 0.6) is 0 Å². The van der Waals surface area contributed by atoms with Gasteiger partial charge in [-0.2, -0.15) is 18.3 Å². The van der Waals surface area contributed by atoms with Crippen molar-refractivity contribution in [3.05, 3.63) is 45.9 Å². The Kier molecular flexibility index (Phi) is 5.13. The Bertz CT molecular complexity index is 1040. The number of fused-ring (bicyclic) bond motifs is 1. The Labute approximate surface area is 173 Å². The molecule has 2 aromatic rings.